The third-order valence-electron chi connectivity index (χ3n) is 3.00. The van der Waals surface area contributed by atoms with Crippen LogP contribution in [0.1, 0.15) is 17.2 Å². The monoisotopic (exact) mass is 366 g/mol. The van der Waals surface area contributed by atoms with Crippen molar-refractivity contribution in [3.05, 3.63) is 68.6 Å². The van der Waals surface area contributed by atoms with E-state index >= 15 is 0 Å². The summed E-state index contributed by atoms with van der Waals surface area (Å²) >= 11 is 3.95. The van der Waals surface area contributed by atoms with Gasteiger partial charge in [0.15, 0.2) is 0 Å². The number of hydrogen-bond donors (Lipinski definition) is 1. The molecule has 0 spiro atoms. The lowest BCUT2D eigenvalue weighted by Crippen LogP contribution is -2.01. The van der Waals surface area contributed by atoms with Gasteiger partial charge in [0, 0.05) is 13.8 Å². The zero-order valence-electron chi connectivity index (χ0n) is 9.51. The van der Waals surface area contributed by atoms with Crippen molar-refractivity contribution in [2.75, 3.05) is 0 Å². The maximum Gasteiger partial charge on any atom is 0.106 e. The van der Waals surface area contributed by atoms with E-state index in [1.807, 2.05) is 36.4 Å². The number of rotatable bonds is 2. The first-order chi connectivity index (χ1) is 8.77. The zero-order valence-corrected chi connectivity index (χ0v) is 12.5. The highest BCUT2D eigenvalue weighted by molar-refractivity contribution is 14.1. The second kappa shape index (κ2) is 4.99. The molecule has 90 valence electrons. The zero-order chi connectivity index (χ0) is 12.5. The number of hydrogen-bond acceptors (Lipinski definition) is 2. The van der Waals surface area contributed by atoms with Crippen molar-refractivity contribution >= 4 is 44.0 Å². The average Bonchev–Trinajstić information content (AvgIpc) is 2.86. The van der Waals surface area contributed by atoms with Crippen molar-refractivity contribution in [1.82, 2.24) is 0 Å². The molecule has 0 radical (unpaired) electrons. The predicted octanol–water partition coefficient (Wildman–Crippen LogP) is 4.59. The Kier molecular flexibility index (Phi) is 3.37. The second-order valence-electron chi connectivity index (χ2n) is 4.11. The molecule has 0 amide bonds. The van der Waals surface area contributed by atoms with Crippen LogP contribution in [0.3, 0.4) is 0 Å². The van der Waals surface area contributed by atoms with E-state index < -0.39 is 6.10 Å². The van der Waals surface area contributed by atoms with Gasteiger partial charge in [-0.3, -0.25) is 0 Å². The minimum atomic E-state index is -0.555. The summed E-state index contributed by atoms with van der Waals surface area (Å²) in [6, 6.07) is 16.1. The third-order valence-corrected chi connectivity index (χ3v) is 4.97. The maximum absolute atomic E-state index is 10.6. The predicted molar refractivity (Wildman–Crippen MR) is 85.0 cm³/mol. The van der Waals surface area contributed by atoms with Gasteiger partial charge in [-0.1, -0.05) is 36.4 Å². The fourth-order valence-corrected chi connectivity index (χ4v) is 3.72. The van der Waals surface area contributed by atoms with Crippen LogP contribution in [0.2, 0.25) is 0 Å². The van der Waals surface area contributed by atoms with Gasteiger partial charge in [0.25, 0.3) is 0 Å². The Labute approximate surface area is 123 Å². The van der Waals surface area contributed by atoms with Crippen LogP contribution < -0.4 is 0 Å². The quantitative estimate of drug-likeness (QED) is 0.658. The van der Waals surface area contributed by atoms with Crippen molar-refractivity contribution in [3.63, 3.8) is 0 Å². The van der Waals surface area contributed by atoms with Crippen molar-refractivity contribution in [2.45, 2.75) is 6.10 Å². The highest BCUT2D eigenvalue weighted by Gasteiger charge is 2.16. The molecule has 1 unspecified atom stereocenters. The molecule has 3 rings (SSSR count). The molecule has 0 fully saturated rings. The summed E-state index contributed by atoms with van der Waals surface area (Å²) < 4.78 is 2.26. The van der Waals surface area contributed by atoms with E-state index in [4.69, 9.17) is 0 Å². The van der Waals surface area contributed by atoms with E-state index in [9.17, 15) is 5.11 Å². The summed E-state index contributed by atoms with van der Waals surface area (Å²) in [4.78, 5) is 0. The van der Waals surface area contributed by atoms with Crippen molar-refractivity contribution in [3.8, 4) is 0 Å². The van der Waals surface area contributed by atoms with Crippen LogP contribution in [0.4, 0.5) is 0 Å². The van der Waals surface area contributed by atoms with Gasteiger partial charge in [-0.25, -0.2) is 0 Å². The number of fused-ring (bicyclic) bond motifs is 1. The van der Waals surface area contributed by atoms with Crippen LogP contribution >= 0.6 is 33.9 Å². The topological polar surface area (TPSA) is 20.2 Å². The van der Waals surface area contributed by atoms with E-state index in [-0.39, 0.29) is 0 Å². The van der Waals surface area contributed by atoms with E-state index in [1.54, 1.807) is 11.3 Å². The van der Waals surface area contributed by atoms with Gasteiger partial charge in [0.2, 0.25) is 0 Å². The lowest BCUT2D eigenvalue weighted by atomic mass is 10.0. The molecular formula is C15H11IOS. The van der Waals surface area contributed by atoms with Crippen LogP contribution in [-0.2, 0) is 0 Å². The number of aliphatic hydroxyl groups excluding tert-OH is 1. The Morgan fingerprint density at radius 2 is 1.72 bits per heavy atom. The minimum absolute atomic E-state index is 0.555. The molecule has 0 bridgehead atoms. The van der Waals surface area contributed by atoms with E-state index in [2.05, 4.69) is 40.1 Å². The Hall–Kier alpha value is -0.910. The number of benzene rings is 2. The molecule has 0 aliphatic rings. The Balaban J connectivity index is 2.15. The van der Waals surface area contributed by atoms with Crippen molar-refractivity contribution < 1.29 is 5.11 Å². The van der Waals surface area contributed by atoms with Gasteiger partial charge in [-0.2, -0.15) is 0 Å². The molecule has 3 heteroatoms. The van der Waals surface area contributed by atoms with E-state index in [0.29, 0.717) is 0 Å². The third kappa shape index (κ3) is 2.06. The molecule has 0 aliphatic heterocycles. The summed E-state index contributed by atoms with van der Waals surface area (Å²) in [6.07, 6.45) is -0.555. The molecule has 0 aliphatic carbocycles. The largest absolute Gasteiger partial charge is 0.384 e. The SMILES string of the molecule is OC(c1ccccc1I)c1cccc2ccsc12. The molecule has 1 aromatic heterocycles. The smallest absolute Gasteiger partial charge is 0.106 e. The van der Waals surface area contributed by atoms with E-state index in [1.165, 1.54) is 10.1 Å². The highest BCUT2D eigenvalue weighted by Crippen LogP contribution is 2.33. The van der Waals surface area contributed by atoms with Crippen LogP contribution in [0.25, 0.3) is 10.1 Å². The summed E-state index contributed by atoms with van der Waals surface area (Å²) in [6.45, 7) is 0. The molecule has 18 heavy (non-hydrogen) atoms. The maximum atomic E-state index is 10.6. The Morgan fingerprint density at radius 1 is 0.944 bits per heavy atom. The fraction of sp³-hybridized carbons (Fsp3) is 0.0667. The van der Waals surface area contributed by atoms with Crippen LogP contribution in [0.15, 0.2) is 53.9 Å². The molecule has 1 N–H and O–H groups in total. The average molecular weight is 366 g/mol. The van der Waals surface area contributed by atoms with Gasteiger partial charge >= 0.3 is 0 Å². The van der Waals surface area contributed by atoms with Gasteiger partial charge in [-0.05, 0) is 51.1 Å². The Morgan fingerprint density at radius 3 is 2.56 bits per heavy atom. The minimum Gasteiger partial charge on any atom is -0.384 e. The molecule has 3 aromatic rings. The van der Waals surface area contributed by atoms with Gasteiger partial charge in [0.05, 0.1) is 0 Å². The number of halogens is 1. The van der Waals surface area contributed by atoms with Crippen LogP contribution in [-0.4, -0.2) is 5.11 Å². The molecular weight excluding hydrogens is 355 g/mol. The summed E-state index contributed by atoms with van der Waals surface area (Å²) in [5.41, 5.74) is 1.96. The van der Waals surface area contributed by atoms with Crippen molar-refractivity contribution in [2.24, 2.45) is 0 Å². The second-order valence-corrected chi connectivity index (χ2v) is 6.19. The highest BCUT2D eigenvalue weighted by atomic mass is 127. The first-order valence-electron chi connectivity index (χ1n) is 5.66. The molecule has 0 saturated carbocycles. The first kappa shape index (κ1) is 12.1. The first-order valence-corrected chi connectivity index (χ1v) is 7.62. The van der Waals surface area contributed by atoms with E-state index in [0.717, 1.165) is 14.7 Å². The lowest BCUT2D eigenvalue weighted by Gasteiger charge is -2.14. The summed E-state index contributed by atoms with van der Waals surface area (Å²) in [7, 11) is 0. The van der Waals surface area contributed by atoms with Gasteiger partial charge < -0.3 is 5.11 Å². The standard InChI is InChI=1S/C15H11IOS/c16-13-7-2-1-5-11(13)14(17)12-6-3-4-10-8-9-18-15(10)12/h1-9,14,17H. The molecule has 0 saturated heterocycles. The molecule has 1 heterocycles. The van der Waals surface area contributed by atoms with Gasteiger partial charge in [-0.15, -0.1) is 11.3 Å². The molecule has 1 nitrogen and oxygen atoms in total. The van der Waals surface area contributed by atoms with Crippen LogP contribution in [0, 0.1) is 3.57 Å². The summed E-state index contributed by atoms with van der Waals surface area (Å²) in [5, 5.41) is 13.9. The lowest BCUT2D eigenvalue weighted by molar-refractivity contribution is 0.221. The Bertz CT molecular complexity index is 690. The van der Waals surface area contributed by atoms with Crippen LogP contribution in [0.5, 0.6) is 0 Å². The molecule has 1 atom stereocenters. The normalized spacial score (nSPS) is 12.8. The molecule has 2 aromatic carbocycles. The summed E-state index contributed by atoms with van der Waals surface area (Å²) in [5.74, 6) is 0. The van der Waals surface area contributed by atoms with Gasteiger partial charge in [0.1, 0.15) is 6.10 Å². The fourth-order valence-electron chi connectivity index (χ4n) is 2.10. The number of aliphatic hydroxyl groups is 1. The number of thiophene rings is 1. The van der Waals surface area contributed by atoms with Crippen molar-refractivity contribution in [1.29, 1.82) is 0 Å².